The first-order valence-corrected chi connectivity index (χ1v) is 8.97. The maximum absolute atomic E-state index is 12.5. The molecule has 22 heavy (non-hydrogen) atoms. The first kappa shape index (κ1) is 15.4. The second-order valence-corrected chi connectivity index (χ2v) is 7.28. The van der Waals surface area contributed by atoms with Gasteiger partial charge in [0.05, 0.1) is 5.69 Å². The van der Waals surface area contributed by atoms with E-state index in [4.69, 9.17) is 12.2 Å². The van der Waals surface area contributed by atoms with Crippen LogP contribution < -0.4 is 0 Å². The number of benzene rings is 1. The monoisotopic (exact) mass is 332 g/mol. The van der Waals surface area contributed by atoms with Crippen LogP contribution >= 0.6 is 23.6 Å². The number of carbonyl (C=O) groups is 1. The number of aromatic nitrogens is 1. The van der Waals surface area contributed by atoms with Crippen LogP contribution in [0.1, 0.15) is 24.8 Å². The third-order valence-corrected chi connectivity index (χ3v) is 5.40. The summed E-state index contributed by atoms with van der Waals surface area (Å²) in [5, 5.41) is 2.05. The summed E-state index contributed by atoms with van der Waals surface area (Å²) < 4.78 is 2.74. The average Bonchev–Trinajstić information content (AvgIpc) is 2.90. The van der Waals surface area contributed by atoms with Gasteiger partial charge in [0.1, 0.15) is 6.54 Å². The molecule has 0 radical (unpaired) electrons. The topological polar surface area (TPSA) is 25.2 Å². The van der Waals surface area contributed by atoms with Crippen molar-refractivity contribution in [2.45, 2.75) is 32.7 Å². The summed E-state index contributed by atoms with van der Waals surface area (Å²) in [7, 11) is 0. The van der Waals surface area contributed by atoms with Gasteiger partial charge >= 0.3 is 0 Å². The Hall–Kier alpha value is -1.46. The Balaban J connectivity index is 1.84. The van der Waals surface area contributed by atoms with E-state index in [0.717, 1.165) is 41.1 Å². The molecule has 1 aliphatic heterocycles. The molecule has 1 aliphatic rings. The first-order chi connectivity index (χ1) is 10.6. The maximum atomic E-state index is 12.5. The van der Waals surface area contributed by atoms with E-state index in [1.165, 1.54) is 23.3 Å². The fraction of sp³-hybridized carbons (Fsp3) is 0.412. The van der Waals surface area contributed by atoms with Crippen LogP contribution in [0.4, 0.5) is 0 Å². The zero-order chi connectivity index (χ0) is 15.5. The van der Waals surface area contributed by atoms with E-state index in [1.54, 1.807) is 0 Å². The highest BCUT2D eigenvalue weighted by Crippen LogP contribution is 2.25. The van der Waals surface area contributed by atoms with Crippen molar-refractivity contribution in [3.8, 4) is 11.3 Å². The maximum Gasteiger partial charge on any atom is 0.242 e. The fourth-order valence-electron chi connectivity index (χ4n) is 2.81. The van der Waals surface area contributed by atoms with E-state index in [-0.39, 0.29) is 5.91 Å². The number of piperidine rings is 1. The second-order valence-electron chi connectivity index (χ2n) is 5.78. The van der Waals surface area contributed by atoms with Crippen LogP contribution in [0.3, 0.4) is 0 Å². The summed E-state index contributed by atoms with van der Waals surface area (Å²) >= 11 is 6.95. The number of hydrogen-bond acceptors (Lipinski definition) is 3. The minimum absolute atomic E-state index is 0.183. The molecule has 0 atom stereocenters. The molecule has 1 saturated heterocycles. The van der Waals surface area contributed by atoms with Gasteiger partial charge in [0, 0.05) is 18.5 Å². The molecule has 1 aromatic heterocycles. The van der Waals surface area contributed by atoms with Crippen molar-refractivity contribution in [1.29, 1.82) is 0 Å². The number of aryl methyl sites for hydroxylation is 1. The summed E-state index contributed by atoms with van der Waals surface area (Å²) in [4.78, 5) is 14.5. The summed E-state index contributed by atoms with van der Waals surface area (Å²) in [5.74, 6) is 0.183. The molecule has 5 heteroatoms. The van der Waals surface area contributed by atoms with Gasteiger partial charge < -0.3 is 9.47 Å². The van der Waals surface area contributed by atoms with Gasteiger partial charge in [0.15, 0.2) is 3.95 Å². The van der Waals surface area contributed by atoms with Crippen molar-refractivity contribution in [3.05, 3.63) is 39.2 Å². The van der Waals surface area contributed by atoms with E-state index in [1.807, 2.05) is 9.47 Å². The van der Waals surface area contributed by atoms with Crippen molar-refractivity contribution >= 4 is 29.5 Å². The normalized spacial score (nSPS) is 15.0. The Labute approximate surface area is 140 Å². The van der Waals surface area contributed by atoms with Gasteiger partial charge in [-0.15, -0.1) is 11.3 Å². The number of amides is 1. The van der Waals surface area contributed by atoms with Crippen molar-refractivity contribution in [3.63, 3.8) is 0 Å². The van der Waals surface area contributed by atoms with Gasteiger partial charge in [-0.1, -0.05) is 29.8 Å². The highest BCUT2D eigenvalue weighted by atomic mass is 32.1. The predicted molar refractivity (Wildman–Crippen MR) is 93.7 cm³/mol. The lowest BCUT2D eigenvalue weighted by molar-refractivity contribution is -0.132. The Morgan fingerprint density at radius 2 is 1.86 bits per heavy atom. The molecule has 0 N–H and O–H groups in total. The molecule has 2 heterocycles. The van der Waals surface area contributed by atoms with Crippen LogP contribution in [-0.2, 0) is 11.3 Å². The minimum atomic E-state index is 0.183. The number of thiazole rings is 1. The van der Waals surface area contributed by atoms with E-state index < -0.39 is 0 Å². The molecular weight excluding hydrogens is 312 g/mol. The summed E-state index contributed by atoms with van der Waals surface area (Å²) in [6.07, 6.45) is 3.47. The van der Waals surface area contributed by atoms with Gasteiger partial charge in [0.2, 0.25) is 5.91 Å². The molecule has 2 aromatic rings. The molecule has 1 fully saturated rings. The van der Waals surface area contributed by atoms with Crippen LogP contribution in [0.15, 0.2) is 29.6 Å². The molecular formula is C17H20N2OS2. The van der Waals surface area contributed by atoms with Crippen LogP contribution in [0.2, 0.25) is 0 Å². The molecule has 1 aromatic carbocycles. The summed E-state index contributed by atoms with van der Waals surface area (Å²) in [6.45, 7) is 4.20. The Kier molecular flexibility index (Phi) is 4.74. The minimum Gasteiger partial charge on any atom is -0.341 e. The summed E-state index contributed by atoms with van der Waals surface area (Å²) in [5.41, 5.74) is 3.39. The van der Waals surface area contributed by atoms with Gasteiger partial charge in [-0.3, -0.25) is 4.79 Å². The largest absolute Gasteiger partial charge is 0.341 e. The van der Waals surface area contributed by atoms with Crippen LogP contribution in [0, 0.1) is 10.9 Å². The first-order valence-electron chi connectivity index (χ1n) is 7.68. The molecule has 3 rings (SSSR count). The number of rotatable bonds is 3. The highest BCUT2D eigenvalue weighted by Gasteiger charge is 2.18. The van der Waals surface area contributed by atoms with Crippen molar-refractivity contribution in [1.82, 2.24) is 9.47 Å². The molecule has 1 amide bonds. The fourth-order valence-corrected chi connectivity index (χ4v) is 3.88. The molecule has 0 unspecified atom stereocenters. The van der Waals surface area contributed by atoms with E-state index in [0.29, 0.717) is 6.54 Å². The Morgan fingerprint density at radius 1 is 1.18 bits per heavy atom. The number of carbonyl (C=O) groups excluding carboxylic acids is 1. The molecule has 0 bridgehead atoms. The lowest BCUT2D eigenvalue weighted by Gasteiger charge is -2.27. The zero-order valence-electron chi connectivity index (χ0n) is 12.7. The van der Waals surface area contributed by atoms with Crippen molar-refractivity contribution in [2.24, 2.45) is 0 Å². The molecule has 3 nitrogen and oxygen atoms in total. The number of likely N-dealkylation sites (tertiary alicyclic amines) is 1. The molecule has 0 aliphatic carbocycles. The Bertz CT molecular complexity index is 709. The number of nitrogens with zero attached hydrogens (tertiary/aromatic N) is 2. The summed E-state index contributed by atoms with van der Waals surface area (Å²) in [6, 6.07) is 8.36. The molecule has 0 spiro atoms. The van der Waals surface area contributed by atoms with Crippen molar-refractivity contribution in [2.75, 3.05) is 13.1 Å². The smallest absolute Gasteiger partial charge is 0.242 e. The standard InChI is InChI=1S/C17H20N2OS2/c1-13-5-7-14(8-6-13)15-12-22-17(21)19(15)11-16(20)18-9-3-2-4-10-18/h5-8,12H,2-4,9-11H2,1H3. The average molecular weight is 332 g/mol. The third-order valence-electron chi connectivity index (χ3n) is 4.13. The van der Waals surface area contributed by atoms with Crippen LogP contribution in [0.25, 0.3) is 11.3 Å². The quantitative estimate of drug-likeness (QED) is 0.784. The Morgan fingerprint density at radius 3 is 2.55 bits per heavy atom. The second kappa shape index (κ2) is 6.75. The molecule has 116 valence electrons. The number of hydrogen-bond donors (Lipinski definition) is 0. The lowest BCUT2D eigenvalue weighted by Crippen LogP contribution is -2.37. The molecule has 0 saturated carbocycles. The van der Waals surface area contributed by atoms with E-state index in [2.05, 4.69) is 36.6 Å². The highest BCUT2D eigenvalue weighted by molar-refractivity contribution is 7.73. The third kappa shape index (κ3) is 3.31. The van der Waals surface area contributed by atoms with E-state index in [9.17, 15) is 4.79 Å². The van der Waals surface area contributed by atoms with Gasteiger partial charge in [0.25, 0.3) is 0 Å². The van der Waals surface area contributed by atoms with Crippen LogP contribution in [0.5, 0.6) is 0 Å². The van der Waals surface area contributed by atoms with Crippen molar-refractivity contribution < 1.29 is 4.79 Å². The SMILES string of the molecule is Cc1ccc(-c2csc(=S)n2CC(=O)N2CCCCC2)cc1. The van der Waals surface area contributed by atoms with Gasteiger partial charge in [-0.2, -0.15) is 0 Å². The van der Waals surface area contributed by atoms with Gasteiger partial charge in [-0.25, -0.2) is 0 Å². The predicted octanol–water partition coefficient (Wildman–Crippen LogP) is 4.27. The van der Waals surface area contributed by atoms with Gasteiger partial charge in [-0.05, 0) is 44.0 Å². The van der Waals surface area contributed by atoms with E-state index >= 15 is 0 Å². The lowest BCUT2D eigenvalue weighted by atomic mass is 10.1. The zero-order valence-corrected chi connectivity index (χ0v) is 14.4. The van der Waals surface area contributed by atoms with Crippen LogP contribution in [-0.4, -0.2) is 28.5 Å².